The van der Waals surface area contributed by atoms with Crippen LogP contribution in [0.5, 0.6) is 17.2 Å². The van der Waals surface area contributed by atoms with Gasteiger partial charge in [0.15, 0.2) is 11.5 Å². The van der Waals surface area contributed by atoms with Gasteiger partial charge in [-0.1, -0.05) is 17.3 Å². The summed E-state index contributed by atoms with van der Waals surface area (Å²) >= 11 is 1.70. The Hall–Kier alpha value is -2.64. The molecule has 3 aromatic rings. The Morgan fingerprint density at radius 2 is 1.92 bits per heavy atom. The number of nitrogens with zero attached hydrogens (tertiary/aromatic N) is 1. The third-order valence-corrected chi connectivity index (χ3v) is 4.51. The molecular weight excluding hydrogens is 328 g/mol. The Morgan fingerprint density at radius 3 is 2.67 bits per heavy atom. The van der Waals surface area contributed by atoms with E-state index in [2.05, 4.69) is 22.9 Å². The second-order valence-corrected chi connectivity index (χ2v) is 5.97. The number of nitrogens with one attached hydrogen (secondary N) is 1. The molecule has 0 unspecified atom stereocenters. The molecule has 0 saturated heterocycles. The molecule has 6 nitrogen and oxygen atoms in total. The van der Waals surface area contributed by atoms with Gasteiger partial charge in [-0.05, 0) is 36.1 Å². The van der Waals surface area contributed by atoms with Gasteiger partial charge in [0, 0.05) is 21.7 Å². The summed E-state index contributed by atoms with van der Waals surface area (Å²) in [5.74, 6) is 2.23. The summed E-state index contributed by atoms with van der Waals surface area (Å²) < 4.78 is 10.9. The van der Waals surface area contributed by atoms with Crippen LogP contribution in [-0.2, 0) is 0 Å². The summed E-state index contributed by atoms with van der Waals surface area (Å²) in [5.41, 5.74) is 5.08. The van der Waals surface area contributed by atoms with Crippen molar-refractivity contribution in [2.45, 2.75) is 4.90 Å². The fourth-order valence-electron chi connectivity index (χ4n) is 2.57. The molecule has 122 valence electrons. The van der Waals surface area contributed by atoms with Crippen molar-refractivity contribution < 1.29 is 18.9 Å². The average Bonchev–Trinajstić information content (AvgIpc) is 3.29. The van der Waals surface area contributed by atoms with Gasteiger partial charge in [0.2, 0.25) is 11.5 Å². The molecule has 1 aliphatic rings. The van der Waals surface area contributed by atoms with E-state index in [-0.39, 0.29) is 0 Å². The molecular formula is C17H14N2O4S. The van der Waals surface area contributed by atoms with Crippen molar-refractivity contribution in [2.24, 2.45) is 0 Å². The van der Waals surface area contributed by atoms with Gasteiger partial charge in [0.05, 0.1) is 13.3 Å². The fourth-order valence-corrected chi connectivity index (χ4v) is 2.98. The molecule has 0 radical (unpaired) electrons. The van der Waals surface area contributed by atoms with E-state index in [1.807, 2.05) is 30.5 Å². The summed E-state index contributed by atoms with van der Waals surface area (Å²) in [6, 6.07) is 11.9. The van der Waals surface area contributed by atoms with Crippen LogP contribution >= 0.6 is 11.8 Å². The maximum absolute atomic E-state index is 5.49. The smallest absolute Gasteiger partial charge is 0.237 e. The van der Waals surface area contributed by atoms with E-state index < -0.39 is 0 Å². The number of fused-ring (bicyclic) bond motifs is 1. The van der Waals surface area contributed by atoms with Gasteiger partial charge in [-0.25, -0.2) is 0 Å². The quantitative estimate of drug-likeness (QED) is 0.721. The van der Waals surface area contributed by atoms with E-state index in [1.54, 1.807) is 25.1 Å². The summed E-state index contributed by atoms with van der Waals surface area (Å²) in [6.07, 6.45) is 3.76. The highest BCUT2D eigenvalue weighted by molar-refractivity contribution is 7.98. The van der Waals surface area contributed by atoms with Gasteiger partial charge in [0.25, 0.3) is 0 Å². The van der Waals surface area contributed by atoms with Gasteiger partial charge in [-0.2, -0.15) is 0 Å². The zero-order valence-corrected chi connectivity index (χ0v) is 13.8. The first-order chi connectivity index (χ1) is 11.8. The van der Waals surface area contributed by atoms with Crippen molar-refractivity contribution in [3.8, 4) is 39.7 Å². The van der Waals surface area contributed by atoms with Gasteiger partial charge < -0.3 is 18.9 Å². The molecule has 1 N–H and O–H groups in total. The second-order valence-electron chi connectivity index (χ2n) is 5.09. The molecule has 2 heterocycles. The van der Waals surface area contributed by atoms with E-state index in [0.717, 1.165) is 16.7 Å². The topological polar surface area (TPSA) is 65.8 Å². The van der Waals surface area contributed by atoms with Crippen LogP contribution < -0.4 is 20.1 Å². The van der Waals surface area contributed by atoms with Crippen molar-refractivity contribution in [3.63, 3.8) is 0 Å². The third-order valence-electron chi connectivity index (χ3n) is 3.77. The molecule has 0 spiro atoms. The Morgan fingerprint density at radius 1 is 1.08 bits per heavy atom. The normalized spacial score (nSPS) is 12.4. The monoisotopic (exact) mass is 342 g/mol. The minimum absolute atomic E-state index is 0.506. The Labute approximate surface area is 142 Å². The number of benzene rings is 2. The van der Waals surface area contributed by atoms with Crippen molar-refractivity contribution in [1.29, 1.82) is 0 Å². The van der Waals surface area contributed by atoms with Crippen molar-refractivity contribution in [1.82, 2.24) is 10.8 Å². The number of rotatable bonds is 4. The molecule has 4 rings (SSSR count). The van der Waals surface area contributed by atoms with Crippen LogP contribution in [0.1, 0.15) is 0 Å². The molecule has 0 amide bonds. The molecule has 0 saturated carbocycles. The summed E-state index contributed by atoms with van der Waals surface area (Å²) in [4.78, 5) is 11.6. The van der Waals surface area contributed by atoms with Crippen LogP contribution in [-0.4, -0.2) is 18.5 Å². The highest BCUT2D eigenvalue weighted by Gasteiger charge is 2.24. The Kier molecular flexibility index (Phi) is 3.79. The number of hydrogen-bond acceptors (Lipinski definition) is 7. The Bertz CT molecular complexity index is 877. The minimum atomic E-state index is 0.506. The van der Waals surface area contributed by atoms with Crippen molar-refractivity contribution in [3.05, 3.63) is 42.6 Å². The first-order valence-electron chi connectivity index (χ1n) is 7.20. The lowest BCUT2D eigenvalue weighted by atomic mass is 10.0. The molecule has 0 atom stereocenters. The maximum Gasteiger partial charge on any atom is 0.237 e. The summed E-state index contributed by atoms with van der Waals surface area (Å²) in [6.45, 7) is 0. The summed E-state index contributed by atoms with van der Waals surface area (Å²) in [7, 11) is 1.57. The Balaban J connectivity index is 1.80. The molecule has 24 heavy (non-hydrogen) atoms. The van der Waals surface area contributed by atoms with Gasteiger partial charge in [0.1, 0.15) is 0 Å². The van der Waals surface area contributed by atoms with Crippen LogP contribution in [0, 0.1) is 0 Å². The SMILES string of the molecule is COc1cc(-c2oncc2-c2ccc(SC)cc2)cc2c1ONO2. The van der Waals surface area contributed by atoms with E-state index in [0.29, 0.717) is 23.0 Å². The lowest BCUT2D eigenvalue weighted by molar-refractivity contribution is 0.0248. The van der Waals surface area contributed by atoms with Gasteiger partial charge >= 0.3 is 0 Å². The van der Waals surface area contributed by atoms with Crippen molar-refractivity contribution >= 4 is 11.8 Å². The predicted molar refractivity (Wildman–Crippen MR) is 90.1 cm³/mol. The molecule has 1 aliphatic heterocycles. The maximum atomic E-state index is 5.49. The molecule has 7 heteroatoms. The van der Waals surface area contributed by atoms with Crippen LogP contribution in [0.2, 0.25) is 0 Å². The van der Waals surface area contributed by atoms with E-state index >= 15 is 0 Å². The van der Waals surface area contributed by atoms with E-state index in [9.17, 15) is 0 Å². The van der Waals surface area contributed by atoms with Crippen LogP contribution in [0.4, 0.5) is 0 Å². The number of ether oxygens (including phenoxy) is 1. The highest BCUT2D eigenvalue weighted by atomic mass is 32.2. The standard InChI is InChI=1S/C17H14N2O4S/c1-20-14-7-11(8-15-17(14)23-19-21-15)16-13(9-18-22-16)10-3-5-12(24-2)6-4-10/h3-9,19H,1-2H3. The van der Waals surface area contributed by atoms with E-state index in [1.165, 1.54) is 4.90 Å². The van der Waals surface area contributed by atoms with E-state index in [4.69, 9.17) is 18.9 Å². The number of hydrogen-bond donors (Lipinski definition) is 1. The predicted octanol–water partition coefficient (Wildman–Crippen LogP) is 3.93. The highest BCUT2D eigenvalue weighted by Crippen LogP contribution is 2.44. The zero-order chi connectivity index (χ0) is 16.5. The lowest BCUT2D eigenvalue weighted by Crippen LogP contribution is -2.14. The second kappa shape index (κ2) is 6.10. The zero-order valence-electron chi connectivity index (χ0n) is 13.0. The summed E-state index contributed by atoms with van der Waals surface area (Å²) in [5, 5.41) is 3.96. The number of methoxy groups -OCH3 is 1. The van der Waals surface area contributed by atoms with Gasteiger partial charge in [-0.15, -0.1) is 11.8 Å². The number of aromatic nitrogens is 1. The lowest BCUT2D eigenvalue weighted by Gasteiger charge is -2.07. The largest absolute Gasteiger partial charge is 0.493 e. The van der Waals surface area contributed by atoms with Crippen LogP contribution in [0.25, 0.3) is 22.5 Å². The molecule has 1 aromatic heterocycles. The van der Waals surface area contributed by atoms with Gasteiger partial charge in [-0.3, -0.25) is 0 Å². The van der Waals surface area contributed by atoms with Crippen LogP contribution in [0.15, 0.2) is 52.0 Å². The molecule has 0 bridgehead atoms. The van der Waals surface area contributed by atoms with Crippen molar-refractivity contribution in [2.75, 3.05) is 13.4 Å². The first kappa shape index (κ1) is 14.9. The average molecular weight is 342 g/mol. The molecule has 0 aliphatic carbocycles. The third kappa shape index (κ3) is 2.47. The van der Waals surface area contributed by atoms with Crippen LogP contribution in [0.3, 0.4) is 0 Å². The number of thioether (sulfide) groups is 1. The molecule has 0 fully saturated rings. The first-order valence-corrected chi connectivity index (χ1v) is 8.43. The molecule has 2 aromatic carbocycles. The fraction of sp³-hybridized carbons (Fsp3) is 0.118. The minimum Gasteiger partial charge on any atom is -0.493 e.